The lowest BCUT2D eigenvalue weighted by molar-refractivity contribution is -0.157. The molecule has 3 fully saturated rings. The lowest BCUT2D eigenvalue weighted by Gasteiger charge is -2.41. The van der Waals surface area contributed by atoms with Crippen molar-refractivity contribution in [1.82, 2.24) is 9.80 Å². The van der Waals surface area contributed by atoms with E-state index < -0.39 is 41.6 Å². The molecular formula is C28H44N2O6. The number of nitrogens with zero attached hydrogens (tertiary/aromatic N) is 2. The zero-order chi connectivity index (χ0) is 26.5. The number of rotatable bonds is 15. The minimum absolute atomic E-state index is 0.0346. The maximum absolute atomic E-state index is 14.2. The van der Waals surface area contributed by atoms with E-state index in [-0.39, 0.29) is 30.9 Å². The van der Waals surface area contributed by atoms with Crippen LogP contribution in [0.15, 0.2) is 25.3 Å². The maximum atomic E-state index is 14.2. The van der Waals surface area contributed by atoms with Gasteiger partial charge in [0.25, 0.3) is 0 Å². The van der Waals surface area contributed by atoms with Crippen LogP contribution in [-0.4, -0.2) is 82.8 Å². The molecule has 2 unspecified atom stereocenters. The molecule has 36 heavy (non-hydrogen) atoms. The van der Waals surface area contributed by atoms with E-state index in [1.165, 1.54) is 0 Å². The molecule has 1 spiro atoms. The van der Waals surface area contributed by atoms with Crippen LogP contribution in [-0.2, 0) is 23.9 Å². The normalized spacial score (nSPS) is 30.1. The molecule has 3 aliphatic heterocycles. The molecule has 0 radical (unpaired) electrons. The van der Waals surface area contributed by atoms with Crippen molar-refractivity contribution in [2.45, 2.75) is 89.5 Å². The van der Waals surface area contributed by atoms with Gasteiger partial charge in [-0.3, -0.25) is 14.4 Å². The number of likely N-dealkylation sites (tertiary alicyclic amines) is 1. The number of carbonyl (C=O) groups excluding carboxylic acids is 3. The van der Waals surface area contributed by atoms with E-state index in [9.17, 15) is 19.5 Å². The quantitative estimate of drug-likeness (QED) is 0.209. The van der Waals surface area contributed by atoms with Crippen LogP contribution in [0.1, 0.15) is 65.7 Å². The van der Waals surface area contributed by atoms with Crippen LogP contribution in [0.5, 0.6) is 0 Å². The summed E-state index contributed by atoms with van der Waals surface area (Å²) in [4.78, 5) is 44.8. The summed E-state index contributed by atoms with van der Waals surface area (Å²) < 4.78 is 12.0. The molecule has 8 nitrogen and oxygen atoms in total. The molecule has 3 aliphatic rings. The largest absolute Gasteiger partial charge is 0.465 e. The summed E-state index contributed by atoms with van der Waals surface area (Å²) in [5, 5.41) is 10.4. The highest BCUT2D eigenvalue weighted by Crippen LogP contribution is 2.59. The number of aliphatic hydroxyl groups is 1. The number of hydrogen-bond donors (Lipinski definition) is 1. The molecule has 3 heterocycles. The van der Waals surface area contributed by atoms with E-state index in [1.54, 1.807) is 22.0 Å². The Labute approximate surface area is 215 Å². The Hall–Kier alpha value is -2.19. The van der Waals surface area contributed by atoms with Gasteiger partial charge in [-0.05, 0) is 31.6 Å². The van der Waals surface area contributed by atoms with Crippen molar-refractivity contribution in [3.63, 3.8) is 0 Å². The van der Waals surface area contributed by atoms with Gasteiger partial charge in [-0.25, -0.2) is 0 Å². The number of ether oxygens (including phenoxy) is 2. The molecule has 0 aromatic carbocycles. The molecule has 3 rings (SSSR count). The molecule has 0 aliphatic carbocycles. The molecule has 1 N–H and O–H groups in total. The number of aliphatic hydroxyl groups excluding tert-OH is 1. The summed E-state index contributed by atoms with van der Waals surface area (Å²) in [6.07, 6.45) is 8.16. The van der Waals surface area contributed by atoms with Crippen molar-refractivity contribution >= 4 is 17.8 Å². The third kappa shape index (κ3) is 4.99. The smallest absolute Gasteiger partial charge is 0.312 e. The predicted molar refractivity (Wildman–Crippen MR) is 137 cm³/mol. The summed E-state index contributed by atoms with van der Waals surface area (Å²) in [6, 6.07) is -1.43. The minimum atomic E-state index is -1.09. The first-order valence-corrected chi connectivity index (χ1v) is 13.6. The van der Waals surface area contributed by atoms with Crippen molar-refractivity contribution in [3.8, 4) is 0 Å². The van der Waals surface area contributed by atoms with Crippen LogP contribution in [0, 0.1) is 17.8 Å². The van der Waals surface area contributed by atoms with E-state index in [2.05, 4.69) is 20.1 Å². The first-order chi connectivity index (χ1) is 17.3. The van der Waals surface area contributed by atoms with Crippen LogP contribution in [0.3, 0.4) is 0 Å². The maximum Gasteiger partial charge on any atom is 0.312 e. The topological polar surface area (TPSA) is 96.4 Å². The second-order valence-corrected chi connectivity index (χ2v) is 10.5. The van der Waals surface area contributed by atoms with Gasteiger partial charge in [0.15, 0.2) is 0 Å². The van der Waals surface area contributed by atoms with E-state index in [1.807, 2.05) is 13.8 Å². The van der Waals surface area contributed by atoms with Crippen molar-refractivity contribution < 1.29 is 29.0 Å². The fourth-order valence-electron chi connectivity index (χ4n) is 6.32. The summed E-state index contributed by atoms with van der Waals surface area (Å²) in [5.74, 6) is -2.50. The molecule has 8 heteroatoms. The Morgan fingerprint density at radius 1 is 1.31 bits per heavy atom. The summed E-state index contributed by atoms with van der Waals surface area (Å²) >= 11 is 0. The Kier molecular flexibility index (Phi) is 9.75. The number of unbranched alkanes of at least 4 members (excludes halogenated alkanes) is 2. The number of amides is 2. The van der Waals surface area contributed by atoms with Gasteiger partial charge in [-0.1, -0.05) is 52.2 Å². The number of fused-ring (bicyclic) bond motifs is 1. The highest BCUT2D eigenvalue weighted by Gasteiger charge is 2.75. The highest BCUT2D eigenvalue weighted by atomic mass is 16.6. The van der Waals surface area contributed by atoms with Gasteiger partial charge in [-0.15, -0.1) is 13.2 Å². The van der Waals surface area contributed by atoms with Crippen LogP contribution in [0.25, 0.3) is 0 Å². The molecule has 3 saturated heterocycles. The van der Waals surface area contributed by atoms with Crippen molar-refractivity contribution in [2.24, 2.45) is 17.8 Å². The lowest BCUT2D eigenvalue weighted by Crippen LogP contribution is -2.59. The average Bonchev–Trinajstić information content (AvgIpc) is 3.51. The standard InChI is InChI=1S/C28H44N2O6/c1-6-10-12-16-29(15-8-3)26(33)24-28-14-13-21(36-28)22(27(34)35-17-11-7-2)23(28)25(32)30(24)20(18-31)19(5)9-4/h7-8,19-24,31H,2-3,6,9-18H2,1,4-5H3/t19-,20-,21-,22+,23-,24?,28?/m0/s1. The molecule has 0 aromatic rings. The number of carbonyl (C=O) groups is 3. The Balaban J connectivity index is 2.02. The monoisotopic (exact) mass is 504 g/mol. The third-order valence-corrected chi connectivity index (χ3v) is 8.35. The Morgan fingerprint density at radius 3 is 2.67 bits per heavy atom. The molecule has 202 valence electrons. The van der Waals surface area contributed by atoms with Crippen LogP contribution < -0.4 is 0 Å². The Bertz CT molecular complexity index is 831. The van der Waals surface area contributed by atoms with Crippen molar-refractivity contribution in [2.75, 3.05) is 26.3 Å². The zero-order valence-corrected chi connectivity index (χ0v) is 22.2. The van der Waals surface area contributed by atoms with E-state index in [4.69, 9.17) is 9.47 Å². The fourth-order valence-corrected chi connectivity index (χ4v) is 6.32. The van der Waals surface area contributed by atoms with Crippen molar-refractivity contribution in [1.29, 1.82) is 0 Å². The van der Waals surface area contributed by atoms with E-state index in [0.717, 1.165) is 25.7 Å². The second kappa shape index (κ2) is 12.4. The minimum Gasteiger partial charge on any atom is -0.465 e. The third-order valence-electron chi connectivity index (χ3n) is 8.35. The van der Waals surface area contributed by atoms with E-state index >= 15 is 0 Å². The van der Waals surface area contributed by atoms with Crippen molar-refractivity contribution in [3.05, 3.63) is 25.3 Å². The average molecular weight is 505 g/mol. The molecule has 0 saturated carbocycles. The summed E-state index contributed by atoms with van der Waals surface area (Å²) in [7, 11) is 0. The summed E-state index contributed by atoms with van der Waals surface area (Å²) in [6.45, 7) is 14.4. The first kappa shape index (κ1) is 28.4. The van der Waals surface area contributed by atoms with Gasteiger partial charge in [0.2, 0.25) is 11.8 Å². The first-order valence-electron chi connectivity index (χ1n) is 13.6. The number of esters is 1. The molecule has 2 bridgehead atoms. The van der Waals surface area contributed by atoms with Crippen LogP contribution in [0.4, 0.5) is 0 Å². The molecule has 2 amide bonds. The van der Waals surface area contributed by atoms with Crippen LogP contribution >= 0.6 is 0 Å². The van der Waals surface area contributed by atoms with Crippen LogP contribution in [0.2, 0.25) is 0 Å². The van der Waals surface area contributed by atoms with Gasteiger partial charge >= 0.3 is 5.97 Å². The van der Waals surface area contributed by atoms with Gasteiger partial charge in [0.1, 0.15) is 11.6 Å². The predicted octanol–water partition coefficient (Wildman–Crippen LogP) is 3.09. The van der Waals surface area contributed by atoms with Gasteiger partial charge < -0.3 is 24.4 Å². The molecular weight excluding hydrogens is 460 g/mol. The zero-order valence-electron chi connectivity index (χ0n) is 22.2. The van der Waals surface area contributed by atoms with Gasteiger partial charge in [0.05, 0.1) is 37.2 Å². The highest BCUT2D eigenvalue weighted by molar-refractivity contribution is 5.98. The summed E-state index contributed by atoms with van der Waals surface area (Å²) in [5.41, 5.74) is -1.09. The molecule has 7 atom stereocenters. The van der Waals surface area contributed by atoms with Gasteiger partial charge in [0, 0.05) is 13.1 Å². The van der Waals surface area contributed by atoms with E-state index in [0.29, 0.717) is 32.4 Å². The second-order valence-electron chi connectivity index (χ2n) is 10.5. The fraction of sp³-hybridized carbons (Fsp3) is 0.750. The lowest BCUT2D eigenvalue weighted by atomic mass is 9.70. The van der Waals surface area contributed by atoms with Gasteiger partial charge in [-0.2, -0.15) is 0 Å². The SMILES string of the molecule is C=CCCOC(=O)[C@@H]1[C@@H]2CCC3(O2)C(C(=O)N(CC=C)CCCCC)N([C@@H](CO)[C@@H](C)CC)C(=O)[C@H]13. The number of hydrogen-bond acceptors (Lipinski definition) is 6. The molecule has 0 aromatic heterocycles. The Morgan fingerprint density at radius 2 is 2.06 bits per heavy atom.